The molecule has 3 aromatic rings. The summed E-state index contributed by atoms with van der Waals surface area (Å²) < 4.78 is 44.7. The average molecular weight is 410 g/mol. The third kappa shape index (κ3) is 3.82. The number of nitrogens with zero attached hydrogens (tertiary/aromatic N) is 4. The number of aryl methyl sites for hydroxylation is 1. The number of hydrogen-bond donors (Lipinski definition) is 0. The summed E-state index contributed by atoms with van der Waals surface area (Å²) in [6.45, 7) is 3.71. The fourth-order valence-electron chi connectivity index (χ4n) is 2.84. The lowest BCUT2D eigenvalue weighted by atomic mass is 10.0. The van der Waals surface area contributed by atoms with Gasteiger partial charge in [0.25, 0.3) is 0 Å². The van der Waals surface area contributed by atoms with Crippen molar-refractivity contribution in [3.63, 3.8) is 0 Å². The Balaban J connectivity index is 1.99. The lowest BCUT2D eigenvalue weighted by molar-refractivity contribution is -0.147. The zero-order valence-electron chi connectivity index (χ0n) is 15.4. The lowest BCUT2D eigenvalue weighted by Gasteiger charge is -2.13. The first-order valence-corrected chi connectivity index (χ1v) is 9.37. The minimum absolute atomic E-state index is 0.0785. The molecule has 0 saturated heterocycles. The van der Waals surface area contributed by atoms with Crippen LogP contribution >= 0.6 is 11.8 Å². The molecule has 0 bridgehead atoms. The molecule has 2 heterocycles. The molecule has 0 aliphatic rings. The number of alkyl halides is 3. The number of pyridine rings is 1. The predicted octanol–water partition coefficient (Wildman–Crippen LogP) is 4.16. The van der Waals surface area contributed by atoms with Crippen molar-refractivity contribution in [3.05, 3.63) is 46.9 Å². The van der Waals surface area contributed by atoms with Crippen molar-refractivity contribution in [1.82, 2.24) is 19.7 Å². The van der Waals surface area contributed by atoms with Gasteiger partial charge in [-0.05, 0) is 25.5 Å². The normalized spacial score (nSPS) is 11.8. The minimum Gasteiger partial charge on any atom is -0.462 e. The Bertz CT molecular complexity index is 1030. The van der Waals surface area contributed by atoms with E-state index < -0.39 is 18.0 Å². The number of ether oxygens (including phenoxy) is 1. The van der Waals surface area contributed by atoms with E-state index in [1.54, 1.807) is 13.8 Å². The molecule has 28 heavy (non-hydrogen) atoms. The van der Waals surface area contributed by atoms with Gasteiger partial charge in [-0.25, -0.2) is 4.79 Å². The summed E-state index contributed by atoms with van der Waals surface area (Å²) in [5, 5.41) is 7.71. The van der Waals surface area contributed by atoms with E-state index in [-0.39, 0.29) is 17.5 Å². The SMILES string of the molecule is CCOC(=O)c1c(CSc2nnc(C(F)(F)F)n2C)nc2ccccc2c1C. The quantitative estimate of drug-likeness (QED) is 0.465. The van der Waals surface area contributed by atoms with Crippen LogP contribution in [0.15, 0.2) is 29.4 Å². The Hall–Kier alpha value is -2.62. The topological polar surface area (TPSA) is 69.9 Å². The third-order valence-corrected chi connectivity index (χ3v) is 5.16. The van der Waals surface area contributed by atoms with E-state index in [4.69, 9.17) is 4.74 Å². The van der Waals surface area contributed by atoms with Gasteiger partial charge in [-0.1, -0.05) is 30.0 Å². The highest BCUT2D eigenvalue weighted by atomic mass is 32.2. The number of rotatable bonds is 5. The fourth-order valence-corrected chi connectivity index (χ4v) is 3.69. The van der Waals surface area contributed by atoms with Crippen LogP contribution in [0.3, 0.4) is 0 Å². The maximum absolute atomic E-state index is 12.9. The van der Waals surface area contributed by atoms with Gasteiger partial charge in [0.05, 0.1) is 23.4 Å². The molecule has 0 saturated carbocycles. The summed E-state index contributed by atoms with van der Waals surface area (Å²) in [7, 11) is 1.25. The van der Waals surface area contributed by atoms with Crippen molar-refractivity contribution in [2.24, 2.45) is 7.05 Å². The first kappa shape index (κ1) is 20.1. The zero-order chi connectivity index (χ0) is 20.5. The van der Waals surface area contributed by atoms with Crippen molar-refractivity contribution >= 4 is 28.6 Å². The van der Waals surface area contributed by atoms with Crippen LogP contribution in [-0.4, -0.2) is 32.3 Å². The molecule has 1 aromatic carbocycles. The van der Waals surface area contributed by atoms with Crippen LogP contribution in [0.1, 0.15) is 34.4 Å². The number of aromatic nitrogens is 4. The Morgan fingerprint density at radius 3 is 2.61 bits per heavy atom. The number of hydrogen-bond acceptors (Lipinski definition) is 6. The van der Waals surface area contributed by atoms with Gasteiger partial charge < -0.3 is 9.30 Å². The number of para-hydroxylation sites is 1. The summed E-state index contributed by atoms with van der Waals surface area (Å²) >= 11 is 1.02. The van der Waals surface area contributed by atoms with E-state index in [1.165, 1.54) is 7.05 Å². The summed E-state index contributed by atoms with van der Waals surface area (Å²) in [6.07, 6.45) is -4.59. The first-order valence-electron chi connectivity index (χ1n) is 8.38. The molecule has 0 spiro atoms. The van der Waals surface area contributed by atoms with E-state index in [0.29, 0.717) is 22.3 Å². The molecule has 3 rings (SSSR count). The smallest absolute Gasteiger partial charge is 0.451 e. The summed E-state index contributed by atoms with van der Waals surface area (Å²) in [5.74, 6) is -1.45. The van der Waals surface area contributed by atoms with Crippen molar-refractivity contribution in [2.45, 2.75) is 30.9 Å². The van der Waals surface area contributed by atoms with E-state index >= 15 is 0 Å². The van der Waals surface area contributed by atoms with Crippen LogP contribution in [0.2, 0.25) is 0 Å². The molecule has 0 radical (unpaired) electrons. The monoisotopic (exact) mass is 410 g/mol. The van der Waals surface area contributed by atoms with Gasteiger partial charge in [-0.3, -0.25) is 4.98 Å². The minimum atomic E-state index is -4.59. The van der Waals surface area contributed by atoms with E-state index in [0.717, 1.165) is 21.7 Å². The molecule has 0 aliphatic heterocycles. The lowest BCUT2D eigenvalue weighted by Crippen LogP contribution is -2.13. The van der Waals surface area contributed by atoms with E-state index in [9.17, 15) is 18.0 Å². The highest BCUT2D eigenvalue weighted by Gasteiger charge is 2.37. The van der Waals surface area contributed by atoms with Crippen molar-refractivity contribution in [3.8, 4) is 0 Å². The molecule has 0 N–H and O–H groups in total. The van der Waals surface area contributed by atoms with Gasteiger partial charge >= 0.3 is 12.1 Å². The second-order valence-corrected chi connectivity index (χ2v) is 6.89. The van der Waals surface area contributed by atoms with Crippen LogP contribution in [0.4, 0.5) is 13.2 Å². The van der Waals surface area contributed by atoms with Gasteiger partial charge in [0.2, 0.25) is 5.82 Å². The number of fused-ring (bicyclic) bond motifs is 1. The molecule has 0 atom stereocenters. The number of benzene rings is 1. The van der Waals surface area contributed by atoms with Crippen molar-refractivity contribution in [2.75, 3.05) is 6.61 Å². The molecule has 0 amide bonds. The summed E-state index contributed by atoms with van der Waals surface area (Å²) in [4.78, 5) is 17.0. The second-order valence-electron chi connectivity index (χ2n) is 5.95. The Labute approximate surface area is 163 Å². The second kappa shape index (κ2) is 7.78. The molecule has 10 heteroatoms. The number of thioether (sulfide) groups is 1. The maximum atomic E-state index is 12.9. The van der Waals surface area contributed by atoms with Crippen LogP contribution in [0, 0.1) is 6.92 Å². The van der Waals surface area contributed by atoms with E-state index in [2.05, 4.69) is 15.2 Å². The number of carbonyl (C=O) groups excluding carboxylic acids is 1. The Morgan fingerprint density at radius 1 is 1.25 bits per heavy atom. The molecular formula is C18H17F3N4O2S. The van der Waals surface area contributed by atoms with Gasteiger partial charge in [0, 0.05) is 18.2 Å². The molecule has 2 aromatic heterocycles. The van der Waals surface area contributed by atoms with Crippen LogP contribution in [0.25, 0.3) is 10.9 Å². The average Bonchev–Trinajstić information content (AvgIpc) is 3.01. The Kier molecular flexibility index (Phi) is 5.59. The van der Waals surface area contributed by atoms with Crippen LogP contribution < -0.4 is 0 Å². The van der Waals surface area contributed by atoms with Gasteiger partial charge in [0.1, 0.15) is 0 Å². The largest absolute Gasteiger partial charge is 0.462 e. The summed E-state index contributed by atoms with van der Waals surface area (Å²) in [5.41, 5.74) is 2.16. The molecule has 0 aliphatic carbocycles. The van der Waals surface area contributed by atoms with Gasteiger partial charge in [-0.2, -0.15) is 13.2 Å². The first-order chi connectivity index (χ1) is 13.2. The predicted molar refractivity (Wildman–Crippen MR) is 98.0 cm³/mol. The number of esters is 1. The standard InChI is InChI=1S/C18H17F3N4O2S/c1-4-27-15(26)14-10(2)11-7-5-6-8-12(11)22-13(14)9-28-17-24-23-16(25(17)3)18(19,20)21/h5-8H,4,9H2,1-3H3. The number of halogens is 3. The van der Waals surface area contributed by atoms with Crippen molar-refractivity contribution < 1.29 is 22.7 Å². The molecule has 0 unspecified atom stereocenters. The Morgan fingerprint density at radius 2 is 1.96 bits per heavy atom. The van der Waals surface area contributed by atoms with Crippen molar-refractivity contribution in [1.29, 1.82) is 0 Å². The van der Waals surface area contributed by atoms with Crippen LogP contribution in [0.5, 0.6) is 0 Å². The molecule has 0 fully saturated rings. The molecular weight excluding hydrogens is 393 g/mol. The third-order valence-electron chi connectivity index (χ3n) is 4.13. The van der Waals surface area contributed by atoms with Crippen LogP contribution in [-0.2, 0) is 23.7 Å². The van der Waals surface area contributed by atoms with Gasteiger partial charge in [-0.15, -0.1) is 10.2 Å². The fraction of sp³-hybridized carbons (Fsp3) is 0.333. The van der Waals surface area contributed by atoms with E-state index in [1.807, 2.05) is 24.3 Å². The zero-order valence-corrected chi connectivity index (χ0v) is 16.2. The number of carbonyl (C=O) groups is 1. The maximum Gasteiger partial charge on any atom is 0.451 e. The summed E-state index contributed by atoms with van der Waals surface area (Å²) in [6, 6.07) is 7.34. The highest BCUT2D eigenvalue weighted by molar-refractivity contribution is 7.98. The molecule has 6 nitrogen and oxygen atoms in total. The highest BCUT2D eigenvalue weighted by Crippen LogP contribution is 2.32. The molecule has 148 valence electrons. The van der Waals surface area contributed by atoms with Gasteiger partial charge in [0.15, 0.2) is 5.16 Å².